The topological polar surface area (TPSA) is 74.7 Å². The zero-order valence-corrected chi connectivity index (χ0v) is 17.3. The highest BCUT2D eigenvalue weighted by Crippen LogP contribution is 2.46. The summed E-state index contributed by atoms with van der Waals surface area (Å²) in [5, 5.41) is 0. The SMILES string of the molecule is C#Cc1cn(C2CCC(C)O2)c(=S)[nH]c1=O.COP1OCc2ccccc2O1. The minimum absolute atomic E-state index is 0.119. The van der Waals surface area contributed by atoms with E-state index in [-0.39, 0.29) is 23.5 Å². The van der Waals surface area contributed by atoms with Crippen molar-refractivity contribution in [2.24, 2.45) is 0 Å². The maximum Gasteiger partial charge on any atom is 0.397 e. The number of benzene rings is 1. The fourth-order valence-electron chi connectivity index (χ4n) is 2.82. The normalized spacial score (nSPS) is 23.0. The van der Waals surface area contributed by atoms with Crippen LogP contribution in [-0.2, 0) is 20.4 Å². The first-order valence-electron chi connectivity index (χ1n) is 8.72. The first-order chi connectivity index (χ1) is 13.5. The van der Waals surface area contributed by atoms with Crippen molar-refractivity contribution in [2.75, 3.05) is 7.11 Å². The van der Waals surface area contributed by atoms with E-state index in [1.807, 2.05) is 31.2 Å². The molecule has 2 aliphatic heterocycles. The second kappa shape index (κ2) is 9.46. The zero-order chi connectivity index (χ0) is 20.1. The third kappa shape index (κ3) is 4.88. The van der Waals surface area contributed by atoms with Gasteiger partial charge in [-0.25, -0.2) is 0 Å². The molecular formula is C19H21N2O5PS. The molecule has 7 nitrogen and oxygen atoms in total. The Morgan fingerprint density at radius 3 is 2.86 bits per heavy atom. The van der Waals surface area contributed by atoms with E-state index in [4.69, 9.17) is 36.9 Å². The second-order valence-corrected chi connectivity index (χ2v) is 7.85. The standard InChI is InChI=1S/C11H12N2O2S.C8H9O3P/c1-3-8-6-13(11(16)12-10(8)14)9-5-4-7(2)15-9;1-9-12-10-6-7-4-2-3-5-8(7)11-12/h1,6-7,9H,4-5H2,2H3,(H,12,14,16);2-5H,6H2,1H3. The van der Waals surface area contributed by atoms with E-state index in [0.717, 1.165) is 24.2 Å². The van der Waals surface area contributed by atoms with Crippen LogP contribution in [-0.4, -0.2) is 22.8 Å². The lowest BCUT2D eigenvalue weighted by molar-refractivity contribution is 0.00906. The lowest BCUT2D eigenvalue weighted by Crippen LogP contribution is -2.19. The largest absolute Gasteiger partial charge is 0.426 e. The van der Waals surface area contributed by atoms with Crippen molar-refractivity contribution in [1.29, 1.82) is 0 Å². The van der Waals surface area contributed by atoms with Gasteiger partial charge in [0.05, 0.1) is 12.7 Å². The molecule has 1 N–H and O–H groups in total. The summed E-state index contributed by atoms with van der Waals surface area (Å²) in [6, 6.07) is 7.81. The molecule has 9 heteroatoms. The number of fused-ring (bicyclic) bond motifs is 1. The summed E-state index contributed by atoms with van der Waals surface area (Å²) in [5.41, 5.74) is 1.03. The number of hydrogen-bond acceptors (Lipinski definition) is 6. The molecule has 0 saturated carbocycles. The van der Waals surface area contributed by atoms with Crippen molar-refractivity contribution in [1.82, 2.24) is 9.55 Å². The Hall–Kier alpha value is -2.01. The van der Waals surface area contributed by atoms with Gasteiger partial charge in [-0.05, 0) is 38.0 Å². The molecule has 4 rings (SSSR count). The third-order valence-electron chi connectivity index (χ3n) is 4.26. The fraction of sp³-hybridized carbons (Fsp3) is 0.368. The van der Waals surface area contributed by atoms with Gasteiger partial charge in [0.1, 0.15) is 17.5 Å². The Morgan fingerprint density at radius 2 is 2.18 bits per heavy atom. The monoisotopic (exact) mass is 420 g/mol. The van der Waals surface area contributed by atoms with Gasteiger partial charge >= 0.3 is 8.60 Å². The van der Waals surface area contributed by atoms with Crippen LogP contribution in [0.1, 0.15) is 37.1 Å². The fourth-order valence-corrected chi connectivity index (χ4v) is 3.90. The lowest BCUT2D eigenvalue weighted by atomic mass is 10.2. The number of hydrogen-bond donors (Lipinski definition) is 1. The predicted octanol–water partition coefficient (Wildman–Crippen LogP) is 4.05. The van der Waals surface area contributed by atoms with Crippen molar-refractivity contribution in [3.63, 3.8) is 0 Å². The highest BCUT2D eigenvalue weighted by Gasteiger charge is 2.23. The molecule has 3 unspecified atom stereocenters. The first kappa shape index (κ1) is 20.7. The van der Waals surface area contributed by atoms with Crippen LogP contribution >= 0.6 is 20.8 Å². The molecule has 0 aliphatic carbocycles. The summed E-state index contributed by atoms with van der Waals surface area (Å²) in [4.78, 5) is 13.9. The second-order valence-electron chi connectivity index (χ2n) is 6.21. The average molecular weight is 420 g/mol. The number of terminal acetylenes is 1. The van der Waals surface area contributed by atoms with Crippen LogP contribution in [0.3, 0.4) is 0 Å². The Kier molecular flexibility index (Phi) is 7.00. The molecule has 28 heavy (non-hydrogen) atoms. The number of aromatic amines is 1. The van der Waals surface area contributed by atoms with Gasteiger partial charge in [0.2, 0.25) is 0 Å². The Morgan fingerprint density at radius 1 is 1.39 bits per heavy atom. The molecule has 0 radical (unpaired) electrons. The third-order valence-corrected chi connectivity index (χ3v) is 5.56. The summed E-state index contributed by atoms with van der Waals surface area (Å²) >= 11 is 5.08. The first-order valence-corrected chi connectivity index (χ1v) is 10.2. The van der Waals surface area contributed by atoms with Gasteiger partial charge in [-0.1, -0.05) is 24.1 Å². The van der Waals surface area contributed by atoms with E-state index in [1.54, 1.807) is 17.9 Å². The molecule has 2 aliphatic rings. The molecule has 1 saturated heterocycles. The van der Waals surface area contributed by atoms with Crippen LogP contribution in [0.15, 0.2) is 35.3 Å². The summed E-state index contributed by atoms with van der Waals surface area (Å²) < 4.78 is 23.4. The van der Waals surface area contributed by atoms with Gasteiger partial charge in [0.15, 0.2) is 4.77 Å². The number of nitrogens with one attached hydrogen (secondary N) is 1. The number of aromatic nitrogens is 2. The van der Waals surface area contributed by atoms with Gasteiger partial charge in [-0.3, -0.25) is 18.9 Å². The van der Waals surface area contributed by atoms with E-state index in [2.05, 4.69) is 10.9 Å². The van der Waals surface area contributed by atoms with Crippen molar-refractivity contribution in [2.45, 2.75) is 38.7 Å². The van der Waals surface area contributed by atoms with Gasteiger partial charge in [0, 0.05) is 18.9 Å². The number of rotatable bonds is 2. The highest BCUT2D eigenvalue weighted by molar-refractivity contribution is 7.71. The Labute approximate surface area is 169 Å². The van der Waals surface area contributed by atoms with Gasteiger partial charge in [0.25, 0.3) is 5.56 Å². The molecule has 1 fully saturated rings. The average Bonchev–Trinajstić information content (AvgIpc) is 3.14. The smallest absolute Gasteiger partial charge is 0.397 e. The number of ether oxygens (including phenoxy) is 1. The van der Waals surface area contributed by atoms with Gasteiger partial charge in [-0.2, -0.15) is 0 Å². The van der Waals surface area contributed by atoms with E-state index in [9.17, 15) is 4.79 Å². The maximum absolute atomic E-state index is 11.4. The lowest BCUT2D eigenvalue weighted by Gasteiger charge is -2.22. The maximum atomic E-state index is 11.4. The van der Waals surface area contributed by atoms with Crippen LogP contribution in [0, 0.1) is 17.1 Å². The van der Waals surface area contributed by atoms with Crippen LogP contribution in [0.4, 0.5) is 0 Å². The van der Waals surface area contributed by atoms with E-state index >= 15 is 0 Å². The summed E-state index contributed by atoms with van der Waals surface area (Å²) in [7, 11) is 0.427. The number of para-hydroxylation sites is 1. The zero-order valence-electron chi connectivity index (χ0n) is 15.6. The van der Waals surface area contributed by atoms with Crippen molar-refractivity contribution in [3.05, 3.63) is 56.7 Å². The van der Waals surface area contributed by atoms with E-state index in [0.29, 0.717) is 11.4 Å². The van der Waals surface area contributed by atoms with Crippen LogP contribution in [0.25, 0.3) is 0 Å². The van der Waals surface area contributed by atoms with E-state index in [1.165, 1.54) is 0 Å². The molecule has 0 amide bonds. The predicted molar refractivity (Wildman–Crippen MR) is 108 cm³/mol. The van der Waals surface area contributed by atoms with Gasteiger partial charge in [-0.15, -0.1) is 6.42 Å². The molecule has 2 aromatic rings. The van der Waals surface area contributed by atoms with Crippen LogP contribution in [0.2, 0.25) is 0 Å². The number of H-pyrrole nitrogens is 1. The molecule has 3 atom stereocenters. The molecule has 148 valence electrons. The minimum atomic E-state index is -1.16. The number of nitrogens with zero attached hydrogens (tertiary/aromatic N) is 1. The summed E-state index contributed by atoms with van der Waals surface area (Å²) in [6.07, 6.45) is 8.78. The Balaban J connectivity index is 0.000000167. The highest BCUT2D eigenvalue weighted by atomic mass is 32.1. The van der Waals surface area contributed by atoms with Crippen molar-refractivity contribution in [3.8, 4) is 18.1 Å². The Bertz CT molecular complexity index is 983. The molecular weight excluding hydrogens is 399 g/mol. The summed E-state index contributed by atoms with van der Waals surface area (Å²) in [5.74, 6) is 3.20. The van der Waals surface area contributed by atoms with Crippen LogP contribution < -0.4 is 10.1 Å². The molecule has 1 aromatic heterocycles. The minimum Gasteiger partial charge on any atom is -0.426 e. The van der Waals surface area contributed by atoms with Gasteiger partial charge < -0.3 is 13.8 Å². The van der Waals surface area contributed by atoms with Crippen molar-refractivity contribution >= 4 is 20.8 Å². The van der Waals surface area contributed by atoms with E-state index < -0.39 is 8.60 Å². The quantitative estimate of drug-likeness (QED) is 0.449. The van der Waals surface area contributed by atoms with Crippen molar-refractivity contribution < 1.29 is 18.3 Å². The molecule has 0 spiro atoms. The summed E-state index contributed by atoms with van der Waals surface area (Å²) in [6.45, 7) is 2.59. The molecule has 1 aromatic carbocycles. The van der Waals surface area contributed by atoms with Crippen LogP contribution in [0.5, 0.6) is 5.75 Å². The molecule has 3 heterocycles. The molecule has 0 bridgehead atoms.